The minimum Gasteiger partial charge on any atom is -0.536 e. The van der Waals surface area contributed by atoms with Gasteiger partial charge in [-0.1, -0.05) is 18.2 Å². The van der Waals surface area contributed by atoms with Gasteiger partial charge >= 0.3 is 25.0 Å². The molecule has 37 heavy (non-hydrogen) atoms. The second kappa shape index (κ2) is 10.6. The molecule has 0 spiro atoms. The zero-order chi connectivity index (χ0) is 26.9. The standard InChI is InChI=1S/C25H27BFN3O7/c1-3-29-9-10-30(24(34)23(29)33)25(35)28-21(18-8-7-17(31)13-19(18)27)20(32)12-16-11-15-6-4-5-14(2)22(15)37-26(16)36/h4-8,13,16,21,31,36H,3,9-12H2,1-2H3,(H,28,35)/t16-,21?/m1/s1. The number of piperazine rings is 1. The van der Waals surface area contributed by atoms with Gasteiger partial charge < -0.3 is 25.0 Å². The van der Waals surface area contributed by atoms with Crippen LogP contribution in [-0.4, -0.2) is 70.3 Å². The highest BCUT2D eigenvalue weighted by molar-refractivity contribution is 6.46. The molecular weight excluding hydrogens is 484 g/mol. The molecule has 1 fully saturated rings. The van der Waals surface area contributed by atoms with E-state index >= 15 is 0 Å². The van der Waals surface area contributed by atoms with Gasteiger partial charge in [-0.2, -0.15) is 0 Å². The first kappa shape index (κ1) is 26.1. The number of hydrogen-bond acceptors (Lipinski definition) is 7. The third-order valence-electron chi connectivity index (χ3n) is 6.70. The van der Waals surface area contributed by atoms with Gasteiger partial charge in [0.25, 0.3) is 0 Å². The van der Waals surface area contributed by atoms with Crippen LogP contribution < -0.4 is 9.97 Å². The van der Waals surface area contributed by atoms with Crippen molar-refractivity contribution in [2.75, 3.05) is 19.6 Å². The van der Waals surface area contributed by atoms with Gasteiger partial charge in [0.05, 0.1) is 0 Å². The summed E-state index contributed by atoms with van der Waals surface area (Å²) in [5.41, 5.74) is 1.40. The molecule has 4 rings (SSSR count). The summed E-state index contributed by atoms with van der Waals surface area (Å²) in [6.45, 7) is 3.88. The number of hydrogen-bond donors (Lipinski definition) is 3. The average Bonchev–Trinajstić information content (AvgIpc) is 2.85. The fourth-order valence-corrected chi connectivity index (χ4v) is 4.65. The number of imide groups is 1. The average molecular weight is 511 g/mol. The molecule has 0 aliphatic carbocycles. The number of carbonyl (C=O) groups excluding carboxylic acids is 4. The number of ketones is 1. The molecule has 3 N–H and O–H groups in total. The number of aryl methyl sites for hydroxylation is 1. The monoisotopic (exact) mass is 511 g/mol. The predicted molar refractivity (Wildman–Crippen MR) is 130 cm³/mol. The molecule has 0 radical (unpaired) electrons. The van der Waals surface area contributed by atoms with Crippen LogP contribution in [0.1, 0.15) is 36.1 Å². The highest BCUT2D eigenvalue weighted by Crippen LogP contribution is 2.37. The number of Topliss-reactive ketones (excluding diaryl/α,β-unsaturated/α-hetero) is 1. The van der Waals surface area contributed by atoms with Crippen LogP contribution in [0, 0.1) is 12.7 Å². The Morgan fingerprint density at radius 3 is 2.68 bits per heavy atom. The van der Waals surface area contributed by atoms with Crippen molar-refractivity contribution in [2.45, 2.75) is 38.5 Å². The van der Waals surface area contributed by atoms with Crippen LogP contribution in [0.15, 0.2) is 36.4 Å². The molecule has 194 valence electrons. The van der Waals surface area contributed by atoms with Gasteiger partial charge in [-0.3, -0.25) is 19.3 Å². The summed E-state index contributed by atoms with van der Waals surface area (Å²) in [6.07, 6.45) is 0.0327. The summed E-state index contributed by atoms with van der Waals surface area (Å²) in [4.78, 5) is 53.1. The third kappa shape index (κ3) is 5.29. The fraction of sp³-hybridized carbons (Fsp3) is 0.360. The SMILES string of the molecule is CCN1CCN(C(=O)NC(C(=O)C[C@H]2Cc3cccc(C)c3OB2O)c2ccc(O)cc2F)C(=O)C1=O. The number of phenolic OH excluding ortho intramolecular Hbond substituents is 1. The number of rotatable bonds is 6. The molecule has 0 bridgehead atoms. The first-order valence-electron chi connectivity index (χ1n) is 12.0. The smallest absolute Gasteiger partial charge is 0.526 e. The van der Waals surface area contributed by atoms with Gasteiger partial charge in [-0.25, -0.2) is 9.18 Å². The highest BCUT2D eigenvalue weighted by atomic mass is 19.1. The zero-order valence-corrected chi connectivity index (χ0v) is 20.4. The number of para-hydroxylation sites is 1. The van der Waals surface area contributed by atoms with E-state index in [4.69, 9.17) is 4.65 Å². The van der Waals surface area contributed by atoms with Crippen LogP contribution >= 0.6 is 0 Å². The van der Waals surface area contributed by atoms with Crippen LogP contribution in [0.4, 0.5) is 9.18 Å². The Balaban J connectivity index is 1.57. The Hall–Kier alpha value is -3.93. The van der Waals surface area contributed by atoms with Gasteiger partial charge in [-0.05, 0) is 43.5 Å². The van der Waals surface area contributed by atoms with Crippen LogP contribution in [0.5, 0.6) is 11.5 Å². The Labute approximate surface area is 213 Å². The minimum absolute atomic E-state index is 0.0888. The maximum Gasteiger partial charge on any atom is 0.526 e. The van der Waals surface area contributed by atoms with E-state index in [0.29, 0.717) is 23.6 Å². The van der Waals surface area contributed by atoms with Crippen molar-refractivity contribution >= 4 is 30.7 Å². The third-order valence-corrected chi connectivity index (χ3v) is 6.70. The summed E-state index contributed by atoms with van der Waals surface area (Å²) < 4.78 is 20.4. The topological polar surface area (TPSA) is 136 Å². The van der Waals surface area contributed by atoms with Crippen molar-refractivity contribution < 1.29 is 38.4 Å². The highest BCUT2D eigenvalue weighted by Gasteiger charge is 2.41. The molecule has 1 unspecified atom stereocenters. The number of fused-ring (bicyclic) bond motifs is 1. The van der Waals surface area contributed by atoms with E-state index in [1.807, 2.05) is 25.1 Å². The molecule has 2 atom stereocenters. The number of benzene rings is 2. The van der Waals surface area contributed by atoms with Crippen molar-refractivity contribution in [2.24, 2.45) is 0 Å². The van der Waals surface area contributed by atoms with Crippen molar-refractivity contribution in [3.05, 3.63) is 58.9 Å². The van der Waals surface area contributed by atoms with Crippen molar-refractivity contribution in [3.63, 3.8) is 0 Å². The lowest BCUT2D eigenvalue weighted by atomic mass is 9.64. The molecule has 1 saturated heterocycles. The first-order valence-corrected chi connectivity index (χ1v) is 12.0. The molecule has 0 aromatic heterocycles. The maximum absolute atomic E-state index is 14.8. The van der Waals surface area contributed by atoms with E-state index < -0.39 is 48.4 Å². The Morgan fingerprint density at radius 1 is 1.22 bits per heavy atom. The first-order chi connectivity index (χ1) is 17.6. The van der Waals surface area contributed by atoms with E-state index in [9.17, 15) is 33.7 Å². The normalized spacial score (nSPS) is 18.3. The zero-order valence-electron chi connectivity index (χ0n) is 20.4. The van der Waals surface area contributed by atoms with E-state index in [2.05, 4.69) is 5.32 Å². The summed E-state index contributed by atoms with van der Waals surface area (Å²) in [5, 5.41) is 22.6. The van der Waals surface area contributed by atoms with E-state index in [-0.39, 0.29) is 30.8 Å². The number of aromatic hydroxyl groups is 1. The van der Waals surface area contributed by atoms with Crippen molar-refractivity contribution in [1.29, 1.82) is 0 Å². The van der Waals surface area contributed by atoms with Crippen molar-refractivity contribution in [3.8, 4) is 11.5 Å². The largest absolute Gasteiger partial charge is 0.536 e. The van der Waals surface area contributed by atoms with E-state index in [1.165, 1.54) is 4.90 Å². The lowest BCUT2D eigenvalue weighted by Gasteiger charge is -2.33. The lowest BCUT2D eigenvalue weighted by Crippen LogP contribution is -2.58. The van der Waals surface area contributed by atoms with E-state index in [1.54, 1.807) is 6.92 Å². The summed E-state index contributed by atoms with van der Waals surface area (Å²) >= 11 is 0. The molecule has 10 nitrogen and oxygen atoms in total. The van der Waals surface area contributed by atoms with Crippen LogP contribution in [-0.2, 0) is 20.8 Å². The minimum atomic E-state index is -1.55. The number of likely N-dealkylation sites (N-methyl/N-ethyl adjacent to an activating group) is 1. The number of nitrogens with zero attached hydrogens (tertiary/aromatic N) is 2. The maximum atomic E-state index is 14.8. The molecule has 4 amide bonds. The summed E-state index contributed by atoms with van der Waals surface area (Å²) in [6, 6.07) is 6.03. The molecule has 12 heteroatoms. The van der Waals surface area contributed by atoms with Gasteiger partial charge in [0.2, 0.25) is 0 Å². The number of amides is 4. The van der Waals surface area contributed by atoms with Crippen LogP contribution in [0.2, 0.25) is 5.82 Å². The number of phenols is 1. The molecule has 2 aliphatic heterocycles. The van der Waals surface area contributed by atoms with Crippen LogP contribution in [0.3, 0.4) is 0 Å². The summed E-state index contributed by atoms with van der Waals surface area (Å²) in [5.74, 6) is -4.01. The fourth-order valence-electron chi connectivity index (χ4n) is 4.65. The number of urea groups is 1. The van der Waals surface area contributed by atoms with Gasteiger partial charge in [0.15, 0.2) is 5.78 Å². The lowest BCUT2D eigenvalue weighted by molar-refractivity contribution is -0.153. The molecule has 2 heterocycles. The van der Waals surface area contributed by atoms with Gasteiger partial charge in [-0.15, -0.1) is 0 Å². The quantitative estimate of drug-likeness (QED) is 0.397. The van der Waals surface area contributed by atoms with Crippen LogP contribution in [0.25, 0.3) is 0 Å². The molecule has 2 aliphatic rings. The second-order valence-corrected chi connectivity index (χ2v) is 9.14. The Morgan fingerprint density at radius 2 is 1.97 bits per heavy atom. The van der Waals surface area contributed by atoms with Gasteiger partial charge in [0, 0.05) is 43.5 Å². The van der Waals surface area contributed by atoms with Crippen molar-refractivity contribution in [1.82, 2.24) is 15.1 Å². The Kier molecular flexibility index (Phi) is 7.49. The van der Waals surface area contributed by atoms with Gasteiger partial charge in [0.1, 0.15) is 23.4 Å². The van der Waals surface area contributed by atoms with E-state index in [0.717, 1.165) is 29.3 Å². The molecule has 2 aromatic rings. The second-order valence-electron chi connectivity index (χ2n) is 9.14. The Bertz CT molecular complexity index is 1260. The molecular formula is C25H27BFN3O7. The molecule has 0 saturated carbocycles. The number of nitrogens with one attached hydrogen (secondary N) is 1. The summed E-state index contributed by atoms with van der Waals surface area (Å²) in [7, 11) is -1.31. The number of halogens is 1. The predicted octanol–water partition coefficient (Wildman–Crippen LogP) is 1.73. The number of carbonyl (C=O) groups is 4. The molecule has 2 aromatic carbocycles.